The van der Waals surface area contributed by atoms with Crippen molar-refractivity contribution in [3.63, 3.8) is 0 Å². The number of fused-ring (bicyclic) bond motifs is 5. The number of phenols is 1. The molecule has 0 amide bonds. The van der Waals surface area contributed by atoms with E-state index in [9.17, 15) is 19.5 Å². The highest BCUT2D eigenvalue weighted by atomic mass is 28.4. The summed E-state index contributed by atoms with van der Waals surface area (Å²) >= 11 is 0. The van der Waals surface area contributed by atoms with E-state index in [1.54, 1.807) is 18.2 Å². The van der Waals surface area contributed by atoms with Crippen molar-refractivity contribution < 1.29 is 47.6 Å². The Morgan fingerprint density at radius 2 is 1.77 bits per heavy atom. The Morgan fingerprint density at radius 3 is 2.40 bits per heavy atom. The number of ether oxygens (including phenoxy) is 5. The smallest absolute Gasteiger partial charge is 0.310 e. The second-order valence-electron chi connectivity index (χ2n) is 13.8. The van der Waals surface area contributed by atoms with Crippen LogP contribution in [0.1, 0.15) is 75.0 Å². The Kier molecular flexibility index (Phi) is 9.73. The Bertz CT molecular complexity index is 1660. The number of carbonyl (C=O) groups is 3. The molecule has 1 fully saturated rings. The number of rotatable bonds is 12. The summed E-state index contributed by atoms with van der Waals surface area (Å²) in [5.41, 5.74) is 0.914. The van der Waals surface area contributed by atoms with E-state index < -0.39 is 56.6 Å². The maximum atomic E-state index is 15.0. The number of esters is 2. The fourth-order valence-corrected chi connectivity index (χ4v) is 7.54. The van der Waals surface area contributed by atoms with Gasteiger partial charge < -0.3 is 33.2 Å². The molecule has 0 saturated carbocycles. The fraction of sp³-hybridized carbons (Fsp3) is 0.472. The van der Waals surface area contributed by atoms with Gasteiger partial charge in [0.05, 0.1) is 36.7 Å². The minimum atomic E-state index is -2.24. The number of carbonyl (C=O) groups excluding carboxylic acids is 3. The molecule has 2 heterocycles. The van der Waals surface area contributed by atoms with Gasteiger partial charge >= 0.3 is 11.9 Å². The van der Waals surface area contributed by atoms with Gasteiger partial charge in [0, 0.05) is 24.8 Å². The topological polar surface area (TPSA) is 127 Å². The molecule has 5 atom stereocenters. The van der Waals surface area contributed by atoms with Gasteiger partial charge in [-0.25, -0.2) is 0 Å². The highest BCUT2D eigenvalue weighted by Crippen LogP contribution is 2.54. The molecular weight excluding hydrogens is 620 g/mol. The maximum absolute atomic E-state index is 15.0. The highest BCUT2D eigenvalue weighted by molar-refractivity contribution is 6.74. The summed E-state index contributed by atoms with van der Waals surface area (Å²) in [4.78, 5) is 39.9. The monoisotopic (exact) mass is 664 g/mol. The zero-order valence-corrected chi connectivity index (χ0v) is 29.2. The first-order valence-electron chi connectivity index (χ1n) is 15.9. The zero-order chi connectivity index (χ0) is 34.3. The van der Waals surface area contributed by atoms with Crippen LogP contribution in [0, 0.1) is 0 Å². The third kappa shape index (κ3) is 6.88. The van der Waals surface area contributed by atoms with Crippen LogP contribution in [0.3, 0.4) is 0 Å². The third-order valence-corrected chi connectivity index (χ3v) is 13.9. The van der Waals surface area contributed by atoms with Gasteiger partial charge in [0.2, 0.25) is 0 Å². The van der Waals surface area contributed by atoms with Crippen molar-refractivity contribution in [3.05, 3.63) is 65.2 Å². The van der Waals surface area contributed by atoms with Crippen LogP contribution in [-0.2, 0) is 34.8 Å². The molecule has 2 aliphatic heterocycles. The van der Waals surface area contributed by atoms with E-state index >= 15 is 0 Å². The van der Waals surface area contributed by atoms with E-state index in [0.717, 1.165) is 5.56 Å². The van der Waals surface area contributed by atoms with E-state index in [1.807, 2.05) is 37.3 Å². The van der Waals surface area contributed by atoms with Crippen molar-refractivity contribution in [2.45, 2.75) is 103 Å². The van der Waals surface area contributed by atoms with E-state index in [2.05, 4.69) is 33.9 Å². The van der Waals surface area contributed by atoms with Crippen LogP contribution in [0.25, 0.3) is 10.8 Å². The van der Waals surface area contributed by atoms with Crippen LogP contribution in [0.2, 0.25) is 18.1 Å². The lowest BCUT2D eigenvalue weighted by Crippen LogP contribution is -2.46. The zero-order valence-electron chi connectivity index (χ0n) is 28.2. The fourth-order valence-electron chi connectivity index (χ4n) is 6.09. The SMILES string of the molecule is COc1cccc2c3c(c(C(=O)[C@H](OCc4ccccc4)[C@@H](C[C@@H](C)O[Si](C)(C)C(C)(C)C)OC(C)=O)c(O)c12)[C@@H]1OC(=O)C[C@@H]1O3. The lowest BCUT2D eigenvalue weighted by molar-refractivity contribution is -0.155. The van der Waals surface area contributed by atoms with Crippen LogP contribution in [0.5, 0.6) is 17.2 Å². The van der Waals surface area contributed by atoms with E-state index in [4.69, 9.17) is 28.1 Å². The van der Waals surface area contributed by atoms with E-state index in [0.29, 0.717) is 16.9 Å². The maximum Gasteiger partial charge on any atom is 0.310 e. The number of ketones is 1. The summed E-state index contributed by atoms with van der Waals surface area (Å²) in [6.07, 6.45) is -4.32. The van der Waals surface area contributed by atoms with Gasteiger partial charge in [-0.1, -0.05) is 63.2 Å². The van der Waals surface area contributed by atoms with Crippen LogP contribution in [0.4, 0.5) is 0 Å². The Hall–Kier alpha value is -3.93. The number of methoxy groups -OCH3 is 1. The highest BCUT2D eigenvalue weighted by Gasteiger charge is 2.50. The van der Waals surface area contributed by atoms with Gasteiger partial charge in [0.15, 0.2) is 32.4 Å². The van der Waals surface area contributed by atoms with Gasteiger partial charge in [-0.3, -0.25) is 14.4 Å². The standard InChI is InChI=1S/C36H44O10Si/c1-20(46-47(7,8)36(3,4)5)17-25(43-21(2)37)35(42-19-22-13-10-9-11-14-22)32(40)29-30-33(44-26-18-27(38)45-34(26)30)23-15-12-16-24(41-6)28(23)31(29)39/h9-16,20,25-26,34-35,39H,17-19H2,1-8H3/t20-,25-,26+,34-,35-/m1/s1. The molecule has 10 nitrogen and oxygen atoms in total. The first-order chi connectivity index (χ1) is 22.1. The molecular formula is C36H44O10Si. The number of Topliss-reactive ketones (excluding diaryl/α,β-unsaturated/α-hetero) is 1. The number of hydrogen-bond donors (Lipinski definition) is 1. The summed E-state index contributed by atoms with van der Waals surface area (Å²) in [6, 6.07) is 14.5. The lowest BCUT2D eigenvalue weighted by atomic mass is 9.88. The normalized spacial score (nSPS) is 19.3. The molecule has 0 aromatic heterocycles. The van der Waals surface area contributed by atoms with Crippen LogP contribution < -0.4 is 9.47 Å². The van der Waals surface area contributed by atoms with Gasteiger partial charge in [-0.2, -0.15) is 0 Å². The summed E-state index contributed by atoms with van der Waals surface area (Å²) in [5, 5.41) is 12.6. The van der Waals surface area contributed by atoms with Crippen molar-refractivity contribution in [2.24, 2.45) is 0 Å². The second kappa shape index (κ2) is 13.3. The van der Waals surface area contributed by atoms with Gasteiger partial charge in [-0.15, -0.1) is 0 Å². The Labute approximate surface area is 276 Å². The van der Waals surface area contributed by atoms with Crippen molar-refractivity contribution in [3.8, 4) is 17.2 Å². The van der Waals surface area contributed by atoms with Gasteiger partial charge in [0.1, 0.15) is 23.4 Å². The first kappa shape index (κ1) is 34.4. The molecule has 3 aromatic carbocycles. The number of benzene rings is 3. The summed E-state index contributed by atoms with van der Waals surface area (Å²) in [6.45, 7) is 13.8. The summed E-state index contributed by atoms with van der Waals surface area (Å²) < 4.78 is 36.3. The average Bonchev–Trinajstić information content (AvgIpc) is 3.52. The van der Waals surface area contributed by atoms with Gasteiger partial charge in [-0.05, 0) is 36.7 Å². The van der Waals surface area contributed by atoms with E-state index in [1.165, 1.54) is 14.0 Å². The molecule has 2 aliphatic rings. The van der Waals surface area contributed by atoms with E-state index in [-0.39, 0.29) is 46.7 Å². The van der Waals surface area contributed by atoms with Crippen molar-refractivity contribution in [1.82, 2.24) is 0 Å². The molecule has 0 radical (unpaired) electrons. The van der Waals surface area contributed by atoms with Crippen LogP contribution in [0.15, 0.2) is 48.5 Å². The summed E-state index contributed by atoms with van der Waals surface area (Å²) in [5.74, 6) is -1.44. The molecule has 3 aromatic rings. The average molecular weight is 665 g/mol. The largest absolute Gasteiger partial charge is 0.506 e. The Balaban J connectivity index is 1.64. The number of aromatic hydroxyl groups is 1. The number of phenolic OH excluding ortho intramolecular Hbond substituents is 1. The third-order valence-electron chi connectivity index (χ3n) is 9.29. The van der Waals surface area contributed by atoms with Gasteiger partial charge in [0.25, 0.3) is 0 Å². The minimum absolute atomic E-state index is 0.00842. The lowest BCUT2D eigenvalue weighted by Gasteiger charge is -2.39. The quantitative estimate of drug-likeness (QED) is 0.125. The van der Waals surface area contributed by atoms with Crippen molar-refractivity contribution in [1.29, 1.82) is 0 Å². The molecule has 0 bridgehead atoms. The molecule has 47 heavy (non-hydrogen) atoms. The molecule has 252 valence electrons. The molecule has 11 heteroatoms. The second-order valence-corrected chi connectivity index (χ2v) is 18.5. The Morgan fingerprint density at radius 1 is 1.06 bits per heavy atom. The molecule has 1 saturated heterocycles. The molecule has 0 aliphatic carbocycles. The van der Waals surface area contributed by atoms with Crippen LogP contribution >= 0.6 is 0 Å². The molecule has 5 rings (SSSR count). The van der Waals surface area contributed by atoms with Crippen LogP contribution in [-0.4, -0.2) is 62.7 Å². The minimum Gasteiger partial charge on any atom is -0.506 e. The molecule has 0 spiro atoms. The molecule has 1 N–H and O–H groups in total. The molecule has 0 unspecified atom stereocenters. The first-order valence-corrected chi connectivity index (χ1v) is 18.8. The summed E-state index contributed by atoms with van der Waals surface area (Å²) in [7, 11) is -0.777. The predicted molar refractivity (Wildman–Crippen MR) is 177 cm³/mol. The number of hydrogen-bond acceptors (Lipinski definition) is 10. The van der Waals surface area contributed by atoms with Crippen molar-refractivity contribution in [2.75, 3.05) is 7.11 Å². The van der Waals surface area contributed by atoms with Crippen molar-refractivity contribution >= 4 is 36.8 Å². The predicted octanol–water partition coefficient (Wildman–Crippen LogP) is 6.80.